The summed E-state index contributed by atoms with van der Waals surface area (Å²) in [6, 6.07) is 15.7. The second kappa shape index (κ2) is 10.6. The molecular weight excluding hydrogens is 404 g/mol. The van der Waals surface area contributed by atoms with E-state index in [2.05, 4.69) is 20.6 Å². The highest BCUT2D eigenvalue weighted by atomic mass is 16.5. The zero-order chi connectivity index (χ0) is 23.1. The summed E-state index contributed by atoms with van der Waals surface area (Å²) in [6.45, 7) is 8.11. The smallest absolute Gasteiger partial charge is 0.251 e. The molecule has 1 aromatic heterocycles. The van der Waals surface area contributed by atoms with Crippen LogP contribution in [-0.4, -0.2) is 34.4 Å². The van der Waals surface area contributed by atoms with Gasteiger partial charge < -0.3 is 20.4 Å². The van der Waals surface area contributed by atoms with Crippen molar-refractivity contribution in [2.24, 2.45) is 5.92 Å². The SMILES string of the molecule is CCOc1ccc(C(=O)NC(C(=O)NC(C)c2ncc(-c3ccccc3)[nH]2)C(C)C)cc1. The van der Waals surface area contributed by atoms with Crippen molar-refractivity contribution in [3.05, 3.63) is 72.2 Å². The highest BCUT2D eigenvalue weighted by Crippen LogP contribution is 2.19. The van der Waals surface area contributed by atoms with Crippen molar-refractivity contribution in [3.63, 3.8) is 0 Å². The zero-order valence-electron chi connectivity index (χ0n) is 18.9. The monoisotopic (exact) mass is 434 g/mol. The van der Waals surface area contributed by atoms with Gasteiger partial charge in [-0.05, 0) is 49.6 Å². The Morgan fingerprint density at radius 2 is 1.69 bits per heavy atom. The summed E-state index contributed by atoms with van der Waals surface area (Å²) in [5.74, 6) is 0.690. The molecule has 2 unspecified atom stereocenters. The van der Waals surface area contributed by atoms with Gasteiger partial charge in [-0.3, -0.25) is 9.59 Å². The van der Waals surface area contributed by atoms with E-state index in [9.17, 15) is 9.59 Å². The number of aromatic nitrogens is 2. The fraction of sp³-hybridized carbons (Fsp3) is 0.320. The third-order valence-electron chi connectivity index (χ3n) is 5.11. The lowest BCUT2D eigenvalue weighted by molar-refractivity contribution is -0.124. The lowest BCUT2D eigenvalue weighted by Crippen LogP contribution is -2.50. The Hall–Kier alpha value is -3.61. The maximum Gasteiger partial charge on any atom is 0.251 e. The molecular formula is C25H30N4O3. The summed E-state index contributed by atoms with van der Waals surface area (Å²) in [5.41, 5.74) is 2.37. The summed E-state index contributed by atoms with van der Waals surface area (Å²) < 4.78 is 5.41. The molecule has 3 rings (SSSR count). The van der Waals surface area contributed by atoms with Gasteiger partial charge >= 0.3 is 0 Å². The summed E-state index contributed by atoms with van der Waals surface area (Å²) in [6.07, 6.45) is 1.75. The minimum absolute atomic E-state index is 0.0923. The molecule has 3 aromatic rings. The largest absolute Gasteiger partial charge is 0.494 e. The first-order valence-electron chi connectivity index (χ1n) is 10.8. The van der Waals surface area contributed by atoms with Crippen molar-refractivity contribution in [2.45, 2.75) is 39.8 Å². The lowest BCUT2D eigenvalue weighted by Gasteiger charge is -2.23. The maximum absolute atomic E-state index is 13.0. The van der Waals surface area contributed by atoms with Crippen molar-refractivity contribution in [1.82, 2.24) is 20.6 Å². The number of nitrogens with zero attached hydrogens (tertiary/aromatic N) is 1. The summed E-state index contributed by atoms with van der Waals surface area (Å²) in [7, 11) is 0. The van der Waals surface area contributed by atoms with Crippen LogP contribution in [0.3, 0.4) is 0 Å². The Bertz CT molecular complexity index is 1030. The standard InChI is InChI=1S/C25H30N4O3/c1-5-32-20-13-11-19(12-14-20)24(30)29-22(16(2)3)25(31)27-17(4)23-26-15-21(28-23)18-9-7-6-8-10-18/h6-17,22H,5H2,1-4H3,(H,26,28)(H,27,31)(H,29,30). The van der Waals surface area contributed by atoms with E-state index >= 15 is 0 Å². The number of nitrogens with one attached hydrogen (secondary N) is 3. The molecule has 3 N–H and O–H groups in total. The van der Waals surface area contributed by atoms with Crippen LogP contribution in [0.2, 0.25) is 0 Å². The molecule has 7 nitrogen and oxygen atoms in total. The summed E-state index contributed by atoms with van der Waals surface area (Å²) >= 11 is 0. The van der Waals surface area contributed by atoms with Gasteiger partial charge in [0.25, 0.3) is 5.91 Å². The van der Waals surface area contributed by atoms with Crippen molar-refractivity contribution >= 4 is 11.8 Å². The Balaban J connectivity index is 1.64. The van der Waals surface area contributed by atoms with Crippen LogP contribution in [0.1, 0.15) is 49.9 Å². The van der Waals surface area contributed by atoms with E-state index in [-0.39, 0.29) is 23.8 Å². The molecule has 0 aliphatic carbocycles. The summed E-state index contributed by atoms with van der Waals surface area (Å²) in [4.78, 5) is 33.3. The van der Waals surface area contributed by atoms with Gasteiger partial charge in [-0.25, -0.2) is 4.98 Å². The third-order valence-corrected chi connectivity index (χ3v) is 5.11. The predicted molar refractivity (Wildman–Crippen MR) is 124 cm³/mol. The molecule has 32 heavy (non-hydrogen) atoms. The predicted octanol–water partition coefficient (Wildman–Crippen LogP) is 4.11. The van der Waals surface area contributed by atoms with E-state index in [1.54, 1.807) is 30.5 Å². The lowest BCUT2D eigenvalue weighted by atomic mass is 10.0. The molecule has 1 heterocycles. The fourth-order valence-electron chi connectivity index (χ4n) is 3.32. The van der Waals surface area contributed by atoms with Gasteiger partial charge in [0.1, 0.15) is 17.6 Å². The van der Waals surface area contributed by atoms with Gasteiger partial charge in [-0.15, -0.1) is 0 Å². The minimum Gasteiger partial charge on any atom is -0.494 e. The van der Waals surface area contributed by atoms with E-state index in [0.717, 1.165) is 11.3 Å². The second-order valence-electron chi connectivity index (χ2n) is 7.93. The van der Waals surface area contributed by atoms with Crippen LogP contribution in [0.15, 0.2) is 60.8 Å². The fourth-order valence-corrected chi connectivity index (χ4v) is 3.32. The molecule has 0 spiro atoms. The van der Waals surface area contributed by atoms with Crippen LogP contribution < -0.4 is 15.4 Å². The van der Waals surface area contributed by atoms with E-state index < -0.39 is 6.04 Å². The Kier molecular flexibility index (Phi) is 7.65. The van der Waals surface area contributed by atoms with Crippen molar-refractivity contribution < 1.29 is 14.3 Å². The molecule has 2 aromatic carbocycles. The number of rotatable bonds is 9. The number of amides is 2. The van der Waals surface area contributed by atoms with Gasteiger partial charge in [0.2, 0.25) is 5.91 Å². The number of hydrogen-bond donors (Lipinski definition) is 3. The minimum atomic E-state index is -0.680. The van der Waals surface area contributed by atoms with Crippen LogP contribution in [0, 0.1) is 5.92 Å². The topological polar surface area (TPSA) is 96.1 Å². The Labute approximate surface area is 188 Å². The molecule has 0 saturated carbocycles. The number of H-pyrrole nitrogens is 1. The normalized spacial score (nSPS) is 12.8. The average molecular weight is 435 g/mol. The summed E-state index contributed by atoms with van der Waals surface area (Å²) in [5, 5.41) is 5.81. The average Bonchev–Trinajstić information content (AvgIpc) is 3.29. The van der Waals surface area contributed by atoms with Gasteiger partial charge in [0.05, 0.1) is 24.5 Å². The highest BCUT2D eigenvalue weighted by Gasteiger charge is 2.26. The van der Waals surface area contributed by atoms with Gasteiger partial charge in [-0.2, -0.15) is 0 Å². The third kappa shape index (κ3) is 5.75. The van der Waals surface area contributed by atoms with E-state index in [1.165, 1.54) is 0 Å². The van der Waals surface area contributed by atoms with Crippen LogP contribution >= 0.6 is 0 Å². The maximum atomic E-state index is 13.0. The van der Waals surface area contributed by atoms with Gasteiger partial charge in [0, 0.05) is 5.56 Å². The Morgan fingerprint density at radius 3 is 2.31 bits per heavy atom. The van der Waals surface area contributed by atoms with Crippen LogP contribution in [0.5, 0.6) is 5.75 Å². The number of ether oxygens (including phenoxy) is 1. The van der Waals surface area contributed by atoms with Crippen molar-refractivity contribution in [2.75, 3.05) is 6.61 Å². The van der Waals surface area contributed by atoms with Crippen molar-refractivity contribution in [1.29, 1.82) is 0 Å². The molecule has 7 heteroatoms. The molecule has 168 valence electrons. The quantitative estimate of drug-likeness (QED) is 0.472. The molecule has 2 amide bonds. The Morgan fingerprint density at radius 1 is 1.00 bits per heavy atom. The molecule has 0 bridgehead atoms. The highest BCUT2D eigenvalue weighted by molar-refractivity contribution is 5.97. The zero-order valence-corrected chi connectivity index (χ0v) is 18.9. The first kappa shape index (κ1) is 23.1. The molecule has 0 aliphatic heterocycles. The van der Waals surface area contributed by atoms with Crippen LogP contribution in [-0.2, 0) is 4.79 Å². The van der Waals surface area contributed by atoms with E-state index in [4.69, 9.17) is 4.74 Å². The van der Waals surface area contributed by atoms with Crippen LogP contribution in [0.25, 0.3) is 11.3 Å². The molecule has 2 atom stereocenters. The van der Waals surface area contributed by atoms with Gasteiger partial charge in [-0.1, -0.05) is 44.2 Å². The van der Waals surface area contributed by atoms with E-state index in [1.807, 2.05) is 58.0 Å². The first-order chi connectivity index (χ1) is 15.4. The molecule has 0 aliphatic rings. The number of imidazole rings is 1. The number of carbonyl (C=O) groups excluding carboxylic acids is 2. The second-order valence-corrected chi connectivity index (χ2v) is 7.93. The van der Waals surface area contributed by atoms with Crippen molar-refractivity contribution in [3.8, 4) is 17.0 Å². The molecule has 0 saturated heterocycles. The van der Waals surface area contributed by atoms with Gasteiger partial charge in [0.15, 0.2) is 0 Å². The molecule has 0 radical (unpaired) electrons. The number of carbonyl (C=O) groups is 2. The van der Waals surface area contributed by atoms with E-state index in [0.29, 0.717) is 23.7 Å². The molecule has 0 fully saturated rings. The first-order valence-corrected chi connectivity index (χ1v) is 10.8. The van der Waals surface area contributed by atoms with Crippen LogP contribution in [0.4, 0.5) is 0 Å². The number of benzene rings is 2. The number of hydrogen-bond acceptors (Lipinski definition) is 4. The number of aromatic amines is 1.